The molecule has 0 amide bonds. The Morgan fingerprint density at radius 1 is 1.50 bits per heavy atom. The summed E-state index contributed by atoms with van der Waals surface area (Å²) in [6.07, 6.45) is 7.96. The second-order valence-corrected chi connectivity index (χ2v) is 4.25. The fraction of sp³-hybridized carbons (Fsp3) is 0.833. The van der Waals surface area contributed by atoms with Gasteiger partial charge in [-0.3, -0.25) is 4.79 Å². The zero-order valence-electron chi connectivity index (χ0n) is 9.13. The maximum absolute atomic E-state index is 11.4. The molecule has 0 bridgehead atoms. The van der Waals surface area contributed by atoms with E-state index in [9.17, 15) is 4.79 Å². The molecule has 1 radical (unpaired) electrons. The van der Waals surface area contributed by atoms with Crippen molar-refractivity contribution in [2.45, 2.75) is 44.9 Å². The third-order valence-electron chi connectivity index (χ3n) is 3.18. The molecule has 2 heteroatoms. The molecule has 1 rings (SSSR count). The molecular formula is C12H21O2. The molecule has 1 aliphatic rings. The van der Waals surface area contributed by atoms with Crippen molar-refractivity contribution in [2.75, 3.05) is 7.11 Å². The van der Waals surface area contributed by atoms with E-state index < -0.39 is 0 Å². The molecule has 1 fully saturated rings. The Morgan fingerprint density at radius 2 is 2.29 bits per heavy atom. The summed E-state index contributed by atoms with van der Waals surface area (Å²) >= 11 is 0. The highest BCUT2D eigenvalue weighted by molar-refractivity contribution is 5.72. The molecule has 1 aliphatic carbocycles. The third-order valence-corrected chi connectivity index (χ3v) is 3.18. The normalized spacial score (nSPS) is 27.3. The molecule has 0 spiro atoms. The van der Waals surface area contributed by atoms with Crippen LogP contribution in [0.15, 0.2) is 0 Å². The molecule has 14 heavy (non-hydrogen) atoms. The Balaban J connectivity index is 2.31. The van der Waals surface area contributed by atoms with Crippen molar-refractivity contribution >= 4 is 5.97 Å². The van der Waals surface area contributed by atoms with E-state index in [0.29, 0.717) is 0 Å². The van der Waals surface area contributed by atoms with Crippen LogP contribution in [0.25, 0.3) is 0 Å². The van der Waals surface area contributed by atoms with Crippen molar-refractivity contribution in [3.8, 4) is 0 Å². The highest BCUT2D eigenvalue weighted by atomic mass is 16.5. The van der Waals surface area contributed by atoms with Crippen LogP contribution in [0.2, 0.25) is 0 Å². The van der Waals surface area contributed by atoms with Crippen LogP contribution in [-0.4, -0.2) is 13.1 Å². The summed E-state index contributed by atoms with van der Waals surface area (Å²) in [6, 6.07) is 0. The number of carbonyl (C=O) groups excluding carboxylic acids is 1. The van der Waals surface area contributed by atoms with Gasteiger partial charge in [0, 0.05) is 0 Å². The topological polar surface area (TPSA) is 26.3 Å². The van der Waals surface area contributed by atoms with Gasteiger partial charge in [0.2, 0.25) is 0 Å². The first-order valence-electron chi connectivity index (χ1n) is 5.65. The van der Waals surface area contributed by atoms with Gasteiger partial charge < -0.3 is 4.74 Å². The average Bonchev–Trinajstić information content (AvgIpc) is 2.25. The third kappa shape index (κ3) is 3.32. The molecule has 0 heterocycles. The Hall–Kier alpha value is -0.530. The minimum Gasteiger partial charge on any atom is -0.469 e. The van der Waals surface area contributed by atoms with Gasteiger partial charge in [0.25, 0.3) is 0 Å². The van der Waals surface area contributed by atoms with E-state index in [1.165, 1.54) is 32.8 Å². The van der Waals surface area contributed by atoms with Crippen LogP contribution < -0.4 is 0 Å². The van der Waals surface area contributed by atoms with Gasteiger partial charge in [-0.15, -0.1) is 0 Å². The lowest BCUT2D eigenvalue weighted by Gasteiger charge is -2.27. The first kappa shape index (κ1) is 11.5. The lowest BCUT2D eigenvalue weighted by atomic mass is 9.79. The number of esters is 1. The molecule has 0 aromatic carbocycles. The zero-order chi connectivity index (χ0) is 10.4. The van der Waals surface area contributed by atoms with E-state index in [2.05, 4.69) is 6.92 Å². The Kier molecular flexibility index (Phi) is 4.99. The number of unbranched alkanes of at least 4 members (excludes halogenated alkanes) is 1. The summed E-state index contributed by atoms with van der Waals surface area (Å²) in [4.78, 5) is 11.4. The average molecular weight is 197 g/mol. The van der Waals surface area contributed by atoms with Gasteiger partial charge in [-0.1, -0.05) is 39.0 Å². The molecular weight excluding hydrogens is 176 g/mol. The Morgan fingerprint density at radius 3 is 2.93 bits per heavy atom. The lowest BCUT2D eigenvalue weighted by molar-refractivity contribution is -0.147. The van der Waals surface area contributed by atoms with Gasteiger partial charge in [-0.05, 0) is 18.8 Å². The van der Waals surface area contributed by atoms with Crippen LogP contribution in [0.4, 0.5) is 0 Å². The smallest absolute Gasteiger partial charge is 0.308 e. The first-order chi connectivity index (χ1) is 6.77. The van der Waals surface area contributed by atoms with Crippen molar-refractivity contribution in [3.05, 3.63) is 6.92 Å². The van der Waals surface area contributed by atoms with E-state index in [1.807, 2.05) is 0 Å². The monoisotopic (exact) mass is 197 g/mol. The molecule has 0 aromatic heterocycles. The first-order valence-corrected chi connectivity index (χ1v) is 5.65. The largest absolute Gasteiger partial charge is 0.469 e. The maximum atomic E-state index is 11.4. The number of ether oxygens (including phenoxy) is 1. The predicted octanol–water partition coefficient (Wildman–Crippen LogP) is 2.97. The Labute approximate surface area is 87.0 Å². The summed E-state index contributed by atoms with van der Waals surface area (Å²) in [7, 11) is 1.49. The van der Waals surface area contributed by atoms with E-state index in [1.54, 1.807) is 0 Å². The van der Waals surface area contributed by atoms with E-state index in [0.717, 1.165) is 25.2 Å². The molecule has 0 aromatic rings. The van der Waals surface area contributed by atoms with Crippen LogP contribution >= 0.6 is 0 Å². The van der Waals surface area contributed by atoms with Crippen LogP contribution in [0, 0.1) is 18.8 Å². The second-order valence-electron chi connectivity index (χ2n) is 4.25. The van der Waals surface area contributed by atoms with Crippen LogP contribution in [0.3, 0.4) is 0 Å². The summed E-state index contributed by atoms with van der Waals surface area (Å²) in [5.41, 5.74) is 0. The van der Waals surface area contributed by atoms with E-state index >= 15 is 0 Å². The van der Waals surface area contributed by atoms with Gasteiger partial charge in [0.1, 0.15) is 0 Å². The van der Waals surface area contributed by atoms with Crippen LogP contribution in [0.5, 0.6) is 0 Å². The Bertz CT molecular complexity index is 177. The van der Waals surface area contributed by atoms with Gasteiger partial charge in [-0.25, -0.2) is 0 Å². The molecule has 0 N–H and O–H groups in total. The van der Waals surface area contributed by atoms with Crippen LogP contribution in [-0.2, 0) is 9.53 Å². The highest BCUT2D eigenvalue weighted by Crippen LogP contribution is 2.32. The molecule has 2 unspecified atom stereocenters. The molecule has 0 aliphatic heterocycles. The van der Waals surface area contributed by atoms with Gasteiger partial charge >= 0.3 is 5.97 Å². The molecule has 0 saturated heterocycles. The quantitative estimate of drug-likeness (QED) is 0.648. The zero-order valence-corrected chi connectivity index (χ0v) is 9.13. The molecule has 2 atom stereocenters. The van der Waals surface area contributed by atoms with Crippen LogP contribution in [0.1, 0.15) is 44.9 Å². The minimum absolute atomic E-state index is 0.00989. The minimum atomic E-state index is -0.00989. The van der Waals surface area contributed by atoms with Crippen molar-refractivity contribution in [2.24, 2.45) is 11.8 Å². The fourth-order valence-electron chi connectivity index (χ4n) is 2.37. The van der Waals surface area contributed by atoms with E-state index in [-0.39, 0.29) is 11.9 Å². The number of hydrogen-bond donors (Lipinski definition) is 0. The SMILES string of the molecule is [CH2]CCCC1CCCC(C(=O)OC)C1. The van der Waals surface area contributed by atoms with Crippen molar-refractivity contribution in [1.29, 1.82) is 0 Å². The standard InChI is InChI=1S/C12H21O2/c1-3-4-6-10-7-5-8-11(9-10)12(13)14-2/h10-11H,1,3-9H2,2H3. The summed E-state index contributed by atoms with van der Waals surface area (Å²) in [5.74, 6) is 0.891. The fourth-order valence-corrected chi connectivity index (χ4v) is 2.37. The number of rotatable bonds is 4. The van der Waals surface area contributed by atoms with Gasteiger partial charge in [0.15, 0.2) is 0 Å². The number of methoxy groups -OCH3 is 1. The van der Waals surface area contributed by atoms with E-state index in [4.69, 9.17) is 4.74 Å². The lowest BCUT2D eigenvalue weighted by Crippen LogP contribution is -2.23. The van der Waals surface area contributed by atoms with Gasteiger partial charge in [-0.2, -0.15) is 0 Å². The second kappa shape index (κ2) is 6.05. The van der Waals surface area contributed by atoms with Crippen molar-refractivity contribution in [1.82, 2.24) is 0 Å². The molecule has 81 valence electrons. The number of carbonyl (C=O) groups is 1. The predicted molar refractivity (Wildman–Crippen MR) is 56.7 cm³/mol. The maximum Gasteiger partial charge on any atom is 0.308 e. The summed E-state index contributed by atoms with van der Waals surface area (Å²) in [5, 5.41) is 0. The molecule has 1 saturated carbocycles. The summed E-state index contributed by atoms with van der Waals surface area (Å²) < 4.78 is 4.79. The van der Waals surface area contributed by atoms with Crippen molar-refractivity contribution < 1.29 is 9.53 Å². The summed E-state index contributed by atoms with van der Waals surface area (Å²) in [6.45, 7) is 3.85. The highest BCUT2D eigenvalue weighted by Gasteiger charge is 2.27. The molecule has 2 nitrogen and oxygen atoms in total. The van der Waals surface area contributed by atoms with Gasteiger partial charge in [0.05, 0.1) is 13.0 Å². The van der Waals surface area contributed by atoms with Crippen molar-refractivity contribution in [3.63, 3.8) is 0 Å². The number of hydrogen-bond acceptors (Lipinski definition) is 2.